The molecule has 7 nitrogen and oxygen atoms in total. The summed E-state index contributed by atoms with van der Waals surface area (Å²) in [6, 6.07) is 0. The van der Waals surface area contributed by atoms with E-state index in [1.807, 2.05) is 13.2 Å². The highest BCUT2D eigenvalue weighted by Crippen LogP contribution is 2.32. The van der Waals surface area contributed by atoms with E-state index in [0.717, 1.165) is 18.4 Å². The average molecular weight is 330 g/mol. The number of aromatic nitrogens is 3. The van der Waals surface area contributed by atoms with Crippen LogP contribution in [0.3, 0.4) is 0 Å². The normalized spacial score (nSPS) is 20.8. The quantitative estimate of drug-likeness (QED) is 0.885. The Morgan fingerprint density at radius 1 is 1.50 bits per heavy atom. The summed E-state index contributed by atoms with van der Waals surface area (Å²) < 4.78 is 7.64. The summed E-state index contributed by atoms with van der Waals surface area (Å²) in [6.07, 6.45) is 8.62. The first-order valence-electron chi connectivity index (χ1n) is 8.12. The van der Waals surface area contributed by atoms with Crippen LogP contribution in [0.25, 0.3) is 0 Å². The second-order valence-electron chi connectivity index (χ2n) is 6.23. The standard InChI is InChI=1S/C17H22N4O3/c1-11-6-18-9-14(15(11)22)17(23)19-7-12-4-3-5-24-16(12)13-8-20-21(2)10-13/h6,8-10,12,16H,3-5,7H2,1-2H3,(H,18,22)(H,19,23)/t12-,16+/m0/s1. The summed E-state index contributed by atoms with van der Waals surface area (Å²) in [6.45, 7) is 2.86. The topological polar surface area (TPSA) is 89.0 Å². The van der Waals surface area contributed by atoms with Gasteiger partial charge in [-0.25, -0.2) is 0 Å². The number of carbonyl (C=O) groups excluding carboxylic acids is 1. The van der Waals surface area contributed by atoms with Gasteiger partial charge >= 0.3 is 0 Å². The van der Waals surface area contributed by atoms with E-state index in [0.29, 0.717) is 18.7 Å². The van der Waals surface area contributed by atoms with Crippen LogP contribution >= 0.6 is 0 Å². The van der Waals surface area contributed by atoms with Crippen molar-refractivity contribution in [3.63, 3.8) is 0 Å². The van der Waals surface area contributed by atoms with Crippen molar-refractivity contribution in [1.82, 2.24) is 20.1 Å². The van der Waals surface area contributed by atoms with Gasteiger partial charge in [-0.3, -0.25) is 14.3 Å². The molecule has 0 saturated carbocycles. The minimum Gasteiger partial charge on any atom is -0.373 e. The van der Waals surface area contributed by atoms with Gasteiger partial charge in [-0.15, -0.1) is 0 Å². The van der Waals surface area contributed by atoms with Crippen LogP contribution in [0, 0.1) is 12.8 Å². The lowest BCUT2D eigenvalue weighted by Gasteiger charge is -2.31. The van der Waals surface area contributed by atoms with E-state index in [2.05, 4.69) is 15.4 Å². The number of nitrogens with zero attached hydrogens (tertiary/aromatic N) is 2. The van der Waals surface area contributed by atoms with E-state index in [-0.39, 0.29) is 28.9 Å². The van der Waals surface area contributed by atoms with E-state index in [9.17, 15) is 9.59 Å². The molecule has 0 radical (unpaired) electrons. The van der Waals surface area contributed by atoms with Gasteiger partial charge in [0.05, 0.1) is 12.3 Å². The maximum absolute atomic E-state index is 12.3. The van der Waals surface area contributed by atoms with Gasteiger partial charge in [0.15, 0.2) is 5.43 Å². The Hall–Kier alpha value is -2.41. The van der Waals surface area contributed by atoms with Gasteiger partial charge in [-0.2, -0.15) is 5.10 Å². The predicted octanol–water partition coefficient (Wildman–Crippen LogP) is 1.31. The molecule has 2 aromatic rings. The number of nitrogens with one attached hydrogen (secondary N) is 2. The fourth-order valence-electron chi connectivity index (χ4n) is 3.09. The van der Waals surface area contributed by atoms with Crippen LogP contribution in [0.15, 0.2) is 29.6 Å². The van der Waals surface area contributed by atoms with Crippen molar-refractivity contribution in [2.75, 3.05) is 13.2 Å². The molecular formula is C17H22N4O3. The Balaban J connectivity index is 1.69. The maximum Gasteiger partial charge on any atom is 0.256 e. The smallest absolute Gasteiger partial charge is 0.256 e. The van der Waals surface area contributed by atoms with Crippen molar-refractivity contribution in [2.24, 2.45) is 13.0 Å². The Morgan fingerprint density at radius 3 is 3.08 bits per heavy atom. The van der Waals surface area contributed by atoms with Crippen molar-refractivity contribution < 1.29 is 9.53 Å². The lowest BCUT2D eigenvalue weighted by Crippen LogP contribution is -2.37. The van der Waals surface area contributed by atoms with Crippen LogP contribution in [0.1, 0.15) is 40.4 Å². The summed E-state index contributed by atoms with van der Waals surface area (Å²) in [5.74, 6) is -0.189. The third kappa shape index (κ3) is 3.41. The molecule has 0 unspecified atom stereocenters. The van der Waals surface area contributed by atoms with Crippen molar-refractivity contribution >= 4 is 5.91 Å². The zero-order valence-electron chi connectivity index (χ0n) is 13.9. The summed E-state index contributed by atoms with van der Waals surface area (Å²) in [5.41, 5.74) is 1.45. The molecule has 7 heteroatoms. The molecule has 0 aromatic carbocycles. The number of amides is 1. The number of aromatic amines is 1. The van der Waals surface area contributed by atoms with E-state index in [1.54, 1.807) is 24.0 Å². The zero-order chi connectivity index (χ0) is 17.1. The lowest BCUT2D eigenvalue weighted by molar-refractivity contribution is -0.0273. The molecule has 2 aromatic heterocycles. The van der Waals surface area contributed by atoms with Crippen molar-refractivity contribution in [3.8, 4) is 0 Å². The van der Waals surface area contributed by atoms with E-state index >= 15 is 0 Å². The van der Waals surface area contributed by atoms with Crippen molar-refractivity contribution in [1.29, 1.82) is 0 Å². The number of pyridine rings is 1. The number of H-pyrrole nitrogens is 1. The molecule has 1 fully saturated rings. The van der Waals surface area contributed by atoms with Crippen LogP contribution < -0.4 is 10.7 Å². The number of ether oxygens (including phenoxy) is 1. The van der Waals surface area contributed by atoms with E-state index in [1.165, 1.54) is 6.20 Å². The number of aryl methyl sites for hydroxylation is 2. The van der Waals surface area contributed by atoms with Crippen molar-refractivity contribution in [3.05, 3.63) is 51.7 Å². The molecule has 1 aliphatic rings. The van der Waals surface area contributed by atoms with Crippen LogP contribution in [0.4, 0.5) is 0 Å². The highest BCUT2D eigenvalue weighted by molar-refractivity contribution is 5.93. The third-order valence-corrected chi connectivity index (χ3v) is 4.40. The minimum atomic E-state index is -0.351. The lowest BCUT2D eigenvalue weighted by atomic mass is 9.90. The number of carbonyl (C=O) groups is 1. The molecular weight excluding hydrogens is 308 g/mol. The fourth-order valence-corrected chi connectivity index (χ4v) is 3.09. The van der Waals surface area contributed by atoms with Gasteiger partial charge in [0.25, 0.3) is 5.91 Å². The number of hydrogen-bond acceptors (Lipinski definition) is 4. The first kappa shape index (κ1) is 16.4. The van der Waals surface area contributed by atoms with Crippen molar-refractivity contribution in [2.45, 2.75) is 25.9 Å². The van der Waals surface area contributed by atoms with Gasteiger partial charge in [0.1, 0.15) is 5.56 Å². The van der Waals surface area contributed by atoms with Crippen LogP contribution in [-0.4, -0.2) is 33.8 Å². The predicted molar refractivity (Wildman–Crippen MR) is 88.8 cm³/mol. The summed E-state index contributed by atoms with van der Waals surface area (Å²) in [7, 11) is 1.87. The zero-order valence-corrected chi connectivity index (χ0v) is 13.9. The highest BCUT2D eigenvalue weighted by Gasteiger charge is 2.29. The summed E-state index contributed by atoms with van der Waals surface area (Å²) in [4.78, 5) is 27.2. The van der Waals surface area contributed by atoms with Gasteiger partial charge in [-0.1, -0.05) is 0 Å². The van der Waals surface area contributed by atoms with Gasteiger partial charge in [0.2, 0.25) is 0 Å². The molecule has 0 spiro atoms. The minimum absolute atomic E-state index is 0.0801. The second kappa shape index (κ2) is 7.00. The molecule has 3 heterocycles. The first-order chi connectivity index (χ1) is 11.6. The van der Waals surface area contributed by atoms with Crippen LogP contribution in [-0.2, 0) is 11.8 Å². The summed E-state index contributed by atoms with van der Waals surface area (Å²) in [5, 5.41) is 7.07. The number of rotatable bonds is 4. The van der Waals surface area contributed by atoms with Gasteiger partial charge in [0, 0.05) is 55.8 Å². The molecule has 3 rings (SSSR count). The third-order valence-electron chi connectivity index (χ3n) is 4.40. The molecule has 2 N–H and O–H groups in total. The Bertz CT molecular complexity index is 780. The molecule has 2 atom stereocenters. The maximum atomic E-state index is 12.3. The largest absolute Gasteiger partial charge is 0.373 e. The second-order valence-corrected chi connectivity index (χ2v) is 6.23. The fraction of sp³-hybridized carbons (Fsp3) is 0.471. The molecule has 128 valence electrons. The van der Waals surface area contributed by atoms with Gasteiger partial charge in [-0.05, 0) is 19.8 Å². The van der Waals surface area contributed by atoms with E-state index in [4.69, 9.17) is 4.74 Å². The first-order valence-corrected chi connectivity index (χ1v) is 8.12. The SMILES string of the molecule is Cc1c[nH]cc(C(=O)NC[C@@H]2CCCO[C@H]2c2cnn(C)c2)c1=O. The monoisotopic (exact) mass is 330 g/mol. The molecule has 1 amide bonds. The summed E-state index contributed by atoms with van der Waals surface area (Å²) >= 11 is 0. The Morgan fingerprint density at radius 2 is 2.33 bits per heavy atom. The molecule has 0 bridgehead atoms. The number of hydrogen-bond donors (Lipinski definition) is 2. The highest BCUT2D eigenvalue weighted by atomic mass is 16.5. The van der Waals surface area contributed by atoms with Gasteiger partial charge < -0.3 is 15.0 Å². The van der Waals surface area contributed by atoms with Crippen LogP contribution in [0.2, 0.25) is 0 Å². The van der Waals surface area contributed by atoms with E-state index < -0.39 is 0 Å². The molecule has 24 heavy (non-hydrogen) atoms. The molecule has 0 aliphatic carbocycles. The molecule has 1 saturated heterocycles. The average Bonchev–Trinajstić information content (AvgIpc) is 3.02. The van der Waals surface area contributed by atoms with Crippen LogP contribution in [0.5, 0.6) is 0 Å². The Kier molecular flexibility index (Phi) is 4.80. The molecule has 1 aliphatic heterocycles. The Labute approximate surface area is 140 Å².